The standard InChI is InChI=1S/C28H33FN8O3/c1-17-23(16-31-34-17)36(2)11-7-6-8-26-33-27-20-13-21(29)25(40-5)14-22(20)32-28(37(27)35-26)30-15-18-9-10-19(38-3)12-24(18)39-4/h9-10,12-14,16H,6-8,11,15H2,1-5H3,(H,30,32)(H,31,34). The van der Waals surface area contributed by atoms with E-state index in [1.54, 1.807) is 24.8 Å². The second-order valence-electron chi connectivity index (χ2n) is 9.49. The van der Waals surface area contributed by atoms with Crippen molar-refractivity contribution < 1.29 is 18.6 Å². The van der Waals surface area contributed by atoms with Crippen LogP contribution in [0.15, 0.2) is 36.5 Å². The average Bonchev–Trinajstić information content (AvgIpc) is 3.60. The highest BCUT2D eigenvalue weighted by molar-refractivity contribution is 5.93. The summed E-state index contributed by atoms with van der Waals surface area (Å²) in [6.07, 6.45) is 4.34. The number of H-pyrrole nitrogens is 1. The smallest absolute Gasteiger partial charge is 0.226 e. The molecule has 0 aliphatic heterocycles. The Morgan fingerprint density at radius 3 is 2.58 bits per heavy atom. The first-order valence-corrected chi connectivity index (χ1v) is 13.0. The van der Waals surface area contributed by atoms with Crippen LogP contribution in [0.2, 0.25) is 0 Å². The number of nitrogens with zero attached hydrogens (tertiary/aromatic N) is 6. The minimum atomic E-state index is -0.482. The SMILES string of the molecule is COc1ccc(CNc2nc3cc(OC)c(F)cc3c3nc(CCCCN(C)c4cn[nH]c4C)nn23)c(OC)c1. The second-order valence-corrected chi connectivity index (χ2v) is 9.49. The van der Waals surface area contributed by atoms with Crippen molar-refractivity contribution in [2.24, 2.45) is 0 Å². The molecule has 0 saturated heterocycles. The number of aryl methyl sites for hydroxylation is 2. The fourth-order valence-corrected chi connectivity index (χ4v) is 4.68. The lowest BCUT2D eigenvalue weighted by molar-refractivity contribution is 0.387. The first-order valence-electron chi connectivity index (χ1n) is 13.0. The minimum absolute atomic E-state index is 0.115. The van der Waals surface area contributed by atoms with E-state index in [2.05, 4.69) is 27.5 Å². The van der Waals surface area contributed by atoms with Crippen LogP contribution >= 0.6 is 0 Å². The molecule has 0 atom stereocenters. The van der Waals surface area contributed by atoms with Gasteiger partial charge in [-0.15, -0.1) is 5.10 Å². The monoisotopic (exact) mass is 548 g/mol. The number of anilines is 2. The number of hydrogen-bond acceptors (Lipinski definition) is 9. The molecule has 12 heteroatoms. The Morgan fingerprint density at radius 2 is 1.85 bits per heavy atom. The number of halogens is 1. The molecule has 0 aliphatic carbocycles. The summed E-state index contributed by atoms with van der Waals surface area (Å²) in [5.41, 5.74) is 4.11. The Hall–Kier alpha value is -4.61. The van der Waals surface area contributed by atoms with Crippen LogP contribution in [0.3, 0.4) is 0 Å². The van der Waals surface area contributed by atoms with E-state index in [0.717, 1.165) is 36.3 Å². The van der Waals surface area contributed by atoms with Crippen LogP contribution in [0, 0.1) is 12.7 Å². The summed E-state index contributed by atoms with van der Waals surface area (Å²) in [4.78, 5) is 11.7. The van der Waals surface area contributed by atoms with Crippen molar-refractivity contribution in [3.63, 3.8) is 0 Å². The van der Waals surface area contributed by atoms with E-state index < -0.39 is 5.82 Å². The van der Waals surface area contributed by atoms with Crippen LogP contribution in [0.25, 0.3) is 16.6 Å². The molecule has 2 N–H and O–H groups in total. The lowest BCUT2D eigenvalue weighted by Crippen LogP contribution is -2.18. The molecule has 0 bridgehead atoms. The molecule has 2 aromatic carbocycles. The highest BCUT2D eigenvalue weighted by Crippen LogP contribution is 2.29. The first kappa shape index (κ1) is 27.0. The third-order valence-corrected chi connectivity index (χ3v) is 6.88. The van der Waals surface area contributed by atoms with Crippen molar-refractivity contribution in [1.82, 2.24) is 29.8 Å². The van der Waals surface area contributed by atoms with Gasteiger partial charge in [-0.3, -0.25) is 5.10 Å². The highest BCUT2D eigenvalue weighted by atomic mass is 19.1. The third kappa shape index (κ3) is 5.42. The van der Waals surface area contributed by atoms with E-state index in [0.29, 0.717) is 52.8 Å². The molecule has 5 aromatic rings. The molecule has 40 heavy (non-hydrogen) atoms. The van der Waals surface area contributed by atoms with Crippen LogP contribution in [-0.4, -0.2) is 64.7 Å². The summed E-state index contributed by atoms with van der Waals surface area (Å²) in [5, 5.41) is 15.7. The van der Waals surface area contributed by atoms with E-state index in [9.17, 15) is 4.39 Å². The van der Waals surface area contributed by atoms with E-state index >= 15 is 0 Å². The van der Waals surface area contributed by atoms with Crippen molar-refractivity contribution in [1.29, 1.82) is 0 Å². The lowest BCUT2D eigenvalue weighted by atomic mass is 10.2. The molecule has 0 radical (unpaired) electrons. The van der Waals surface area contributed by atoms with Crippen molar-refractivity contribution in [2.75, 3.05) is 45.1 Å². The van der Waals surface area contributed by atoms with Crippen molar-refractivity contribution in [2.45, 2.75) is 32.7 Å². The molecule has 0 saturated carbocycles. The number of aromatic nitrogens is 6. The largest absolute Gasteiger partial charge is 0.497 e. The van der Waals surface area contributed by atoms with E-state index in [1.807, 2.05) is 31.3 Å². The number of methoxy groups -OCH3 is 3. The van der Waals surface area contributed by atoms with Crippen LogP contribution in [-0.2, 0) is 13.0 Å². The zero-order chi connectivity index (χ0) is 28.2. The number of hydrogen-bond donors (Lipinski definition) is 2. The van der Waals surface area contributed by atoms with E-state index in [1.165, 1.54) is 13.2 Å². The number of ether oxygens (including phenoxy) is 3. The maximum Gasteiger partial charge on any atom is 0.226 e. The predicted molar refractivity (Wildman–Crippen MR) is 151 cm³/mol. The molecular formula is C28H33FN8O3. The summed E-state index contributed by atoms with van der Waals surface area (Å²) < 4.78 is 32.4. The average molecular weight is 549 g/mol. The van der Waals surface area contributed by atoms with E-state index in [-0.39, 0.29) is 5.75 Å². The highest BCUT2D eigenvalue weighted by Gasteiger charge is 2.17. The van der Waals surface area contributed by atoms with Gasteiger partial charge in [0.15, 0.2) is 23.0 Å². The Morgan fingerprint density at radius 1 is 1.02 bits per heavy atom. The summed E-state index contributed by atoms with van der Waals surface area (Å²) in [6, 6.07) is 8.60. The summed E-state index contributed by atoms with van der Waals surface area (Å²) in [6.45, 7) is 3.29. The van der Waals surface area contributed by atoms with Gasteiger partial charge in [0.05, 0.1) is 44.4 Å². The molecule has 3 heterocycles. The van der Waals surface area contributed by atoms with Crippen molar-refractivity contribution in [3.8, 4) is 17.2 Å². The molecule has 0 spiro atoms. The molecule has 0 unspecified atom stereocenters. The Balaban J connectivity index is 1.40. The van der Waals surface area contributed by atoms with Gasteiger partial charge in [0.2, 0.25) is 5.95 Å². The molecule has 5 rings (SSSR count). The number of unbranched alkanes of at least 4 members (excludes halogenated alkanes) is 1. The van der Waals surface area contributed by atoms with Gasteiger partial charge in [-0.2, -0.15) is 9.61 Å². The second kappa shape index (κ2) is 11.6. The van der Waals surface area contributed by atoms with Crippen molar-refractivity contribution >= 4 is 28.2 Å². The maximum atomic E-state index is 14.7. The van der Waals surface area contributed by atoms with Crippen LogP contribution < -0.4 is 24.4 Å². The van der Waals surface area contributed by atoms with Gasteiger partial charge in [0, 0.05) is 49.6 Å². The van der Waals surface area contributed by atoms with Gasteiger partial charge in [-0.25, -0.2) is 14.4 Å². The van der Waals surface area contributed by atoms with Gasteiger partial charge in [0.25, 0.3) is 0 Å². The lowest BCUT2D eigenvalue weighted by Gasteiger charge is -2.17. The number of rotatable bonds is 12. The minimum Gasteiger partial charge on any atom is -0.497 e. The van der Waals surface area contributed by atoms with Gasteiger partial charge >= 0.3 is 0 Å². The molecule has 11 nitrogen and oxygen atoms in total. The fraction of sp³-hybridized carbons (Fsp3) is 0.357. The molecule has 3 aromatic heterocycles. The predicted octanol–water partition coefficient (Wildman–Crippen LogP) is 4.55. The summed E-state index contributed by atoms with van der Waals surface area (Å²) in [7, 11) is 6.71. The van der Waals surface area contributed by atoms with Crippen LogP contribution in [0.5, 0.6) is 17.2 Å². The number of fused-ring (bicyclic) bond motifs is 3. The zero-order valence-electron chi connectivity index (χ0n) is 23.3. The Bertz CT molecular complexity index is 1630. The number of nitrogens with one attached hydrogen (secondary N) is 2. The number of benzene rings is 2. The zero-order valence-corrected chi connectivity index (χ0v) is 23.3. The summed E-state index contributed by atoms with van der Waals surface area (Å²) in [5.74, 6) is 2.16. The Labute approximate surface area is 231 Å². The van der Waals surface area contributed by atoms with Gasteiger partial charge in [0.1, 0.15) is 11.5 Å². The normalized spacial score (nSPS) is 11.2. The molecular weight excluding hydrogens is 515 g/mol. The van der Waals surface area contributed by atoms with Crippen molar-refractivity contribution in [3.05, 3.63) is 59.4 Å². The Kier molecular flexibility index (Phi) is 7.85. The van der Waals surface area contributed by atoms with Gasteiger partial charge in [-0.05, 0) is 38.0 Å². The molecule has 0 fully saturated rings. The van der Waals surface area contributed by atoms with Crippen LogP contribution in [0.1, 0.15) is 29.9 Å². The fourth-order valence-electron chi connectivity index (χ4n) is 4.68. The van der Waals surface area contributed by atoms with Crippen LogP contribution in [0.4, 0.5) is 16.0 Å². The van der Waals surface area contributed by atoms with Gasteiger partial charge in [-0.1, -0.05) is 0 Å². The quantitative estimate of drug-likeness (QED) is 0.217. The molecule has 0 amide bonds. The van der Waals surface area contributed by atoms with E-state index in [4.69, 9.17) is 29.3 Å². The van der Waals surface area contributed by atoms with Gasteiger partial charge < -0.3 is 24.4 Å². The summed E-state index contributed by atoms with van der Waals surface area (Å²) >= 11 is 0. The molecule has 0 aliphatic rings. The first-order chi connectivity index (χ1) is 19.4. The topological polar surface area (TPSA) is 115 Å². The molecule has 210 valence electrons. The maximum absolute atomic E-state index is 14.7. The third-order valence-electron chi connectivity index (χ3n) is 6.88. The number of aromatic amines is 1.